The molecule has 0 unspecified atom stereocenters. The molecule has 0 bridgehead atoms. The van der Waals surface area contributed by atoms with Crippen molar-refractivity contribution >= 4 is 39.3 Å². The third-order valence-corrected chi connectivity index (χ3v) is 5.29. The van der Waals surface area contributed by atoms with E-state index in [9.17, 15) is 14.4 Å². The fraction of sp³-hybridized carbons (Fsp3) is 0.286. The Morgan fingerprint density at radius 3 is 2.46 bits per heavy atom. The predicted molar refractivity (Wildman–Crippen MR) is 111 cm³/mol. The van der Waals surface area contributed by atoms with Gasteiger partial charge in [0.05, 0.1) is 0 Å². The first-order chi connectivity index (χ1) is 13.3. The first-order valence-corrected chi connectivity index (χ1v) is 9.80. The number of hydrogen-bond acceptors (Lipinski definition) is 3. The van der Waals surface area contributed by atoms with Crippen LogP contribution < -0.4 is 16.0 Å². The summed E-state index contributed by atoms with van der Waals surface area (Å²) >= 11 is 3.34. The monoisotopic (exact) mass is 443 g/mol. The maximum Gasteiger partial charge on any atom is 0.244 e. The fourth-order valence-electron chi connectivity index (χ4n) is 3.53. The van der Waals surface area contributed by atoms with E-state index in [2.05, 4.69) is 21.2 Å². The molecule has 6 nitrogen and oxygen atoms in total. The van der Waals surface area contributed by atoms with Crippen molar-refractivity contribution in [2.45, 2.75) is 26.3 Å². The van der Waals surface area contributed by atoms with Gasteiger partial charge in [0.2, 0.25) is 17.7 Å². The number of halogens is 1. The summed E-state index contributed by atoms with van der Waals surface area (Å²) in [7, 11) is 0. The Kier molecular flexibility index (Phi) is 5.84. The number of carbonyl (C=O) groups excluding carboxylic acids is 3. The van der Waals surface area contributed by atoms with Crippen LogP contribution in [0.25, 0.3) is 0 Å². The minimum absolute atomic E-state index is 0.264. The van der Waals surface area contributed by atoms with Gasteiger partial charge in [-0.3, -0.25) is 14.4 Å². The number of aryl methyl sites for hydroxylation is 2. The molecule has 0 radical (unpaired) electrons. The number of carbonyl (C=O) groups is 3. The summed E-state index contributed by atoms with van der Waals surface area (Å²) < 4.78 is 0.767. The minimum atomic E-state index is -0.993. The van der Waals surface area contributed by atoms with Gasteiger partial charge in [0.25, 0.3) is 0 Å². The van der Waals surface area contributed by atoms with E-state index in [1.165, 1.54) is 0 Å². The van der Waals surface area contributed by atoms with Crippen LogP contribution in [-0.4, -0.2) is 24.3 Å². The van der Waals surface area contributed by atoms with Crippen LogP contribution in [0.1, 0.15) is 29.2 Å². The molecule has 0 aliphatic carbocycles. The van der Waals surface area contributed by atoms with E-state index in [-0.39, 0.29) is 5.91 Å². The normalized spacial score (nSPS) is 17.5. The van der Waals surface area contributed by atoms with Gasteiger partial charge in [-0.15, -0.1) is 0 Å². The zero-order valence-electron chi connectivity index (χ0n) is 15.7. The average Bonchev–Trinajstić information content (AvgIpc) is 3.00. The maximum absolute atomic E-state index is 12.9. The van der Waals surface area contributed by atoms with Crippen molar-refractivity contribution in [2.24, 2.45) is 11.7 Å². The smallest absolute Gasteiger partial charge is 0.244 e. The Morgan fingerprint density at radius 1 is 1.18 bits per heavy atom. The Morgan fingerprint density at radius 2 is 1.86 bits per heavy atom. The van der Waals surface area contributed by atoms with Crippen molar-refractivity contribution in [2.75, 3.05) is 11.4 Å². The summed E-state index contributed by atoms with van der Waals surface area (Å²) in [5.74, 6) is -2.27. The molecule has 0 saturated carbocycles. The van der Waals surface area contributed by atoms with E-state index in [0.717, 1.165) is 21.3 Å². The fourth-order valence-corrected chi connectivity index (χ4v) is 3.95. The molecule has 1 saturated heterocycles. The lowest BCUT2D eigenvalue weighted by molar-refractivity contribution is -0.134. The van der Waals surface area contributed by atoms with Crippen LogP contribution in [0.4, 0.5) is 5.69 Å². The summed E-state index contributed by atoms with van der Waals surface area (Å²) in [6.45, 7) is 4.39. The van der Waals surface area contributed by atoms with Gasteiger partial charge < -0.3 is 16.0 Å². The van der Waals surface area contributed by atoms with Crippen molar-refractivity contribution in [3.8, 4) is 0 Å². The van der Waals surface area contributed by atoms with Crippen molar-refractivity contribution < 1.29 is 14.4 Å². The highest BCUT2D eigenvalue weighted by Gasteiger charge is 2.39. The van der Waals surface area contributed by atoms with E-state index in [1.54, 1.807) is 23.1 Å². The first kappa shape index (κ1) is 20.1. The van der Waals surface area contributed by atoms with Gasteiger partial charge in [-0.25, -0.2) is 0 Å². The van der Waals surface area contributed by atoms with Crippen LogP contribution in [0.3, 0.4) is 0 Å². The molecule has 146 valence electrons. The molecule has 0 spiro atoms. The van der Waals surface area contributed by atoms with E-state index >= 15 is 0 Å². The van der Waals surface area contributed by atoms with E-state index in [0.29, 0.717) is 18.5 Å². The van der Waals surface area contributed by atoms with Crippen molar-refractivity contribution in [3.05, 3.63) is 63.6 Å². The molecule has 3 amide bonds. The number of amides is 3. The number of benzene rings is 2. The SMILES string of the molecule is Cc1cc(C)cc(N2CC[C@@H](C(=O)N[C@@H](C(N)=O)c3cccc(Br)c3)C2=O)c1. The summed E-state index contributed by atoms with van der Waals surface area (Å²) in [5, 5.41) is 2.65. The number of hydrogen-bond donors (Lipinski definition) is 2. The van der Waals surface area contributed by atoms with Gasteiger partial charge in [-0.2, -0.15) is 0 Å². The third kappa shape index (κ3) is 4.25. The van der Waals surface area contributed by atoms with Crippen molar-refractivity contribution in [1.29, 1.82) is 0 Å². The molecule has 0 aromatic heterocycles. The zero-order valence-corrected chi connectivity index (χ0v) is 17.3. The highest BCUT2D eigenvalue weighted by atomic mass is 79.9. The van der Waals surface area contributed by atoms with Crippen LogP contribution >= 0.6 is 15.9 Å². The molecule has 7 heteroatoms. The van der Waals surface area contributed by atoms with E-state index in [1.807, 2.05) is 38.1 Å². The van der Waals surface area contributed by atoms with Crippen LogP contribution in [0.15, 0.2) is 46.9 Å². The second kappa shape index (κ2) is 8.14. The molecule has 3 N–H and O–H groups in total. The van der Waals surface area contributed by atoms with Crippen LogP contribution in [0, 0.1) is 19.8 Å². The molecular weight excluding hydrogens is 422 g/mol. The Labute approximate surface area is 172 Å². The summed E-state index contributed by atoms with van der Waals surface area (Å²) in [6.07, 6.45) is 0.390. The Hall–Kier alpha value is -2.67. The van der Waals surface area contributed by atoms with Gasteiger partial charge in [-0.1, -0.05) is 34.1 Å². The lowest BCUT2D eigenvalue weighted by atomic mass is 10.0. The van der Waals surface area contributed by atoms with Crippen molar-refractivity contribution in [3.63, 3.8) is 0 Å². The van der Waals surface area contributed by atoms with Gasteiger partial charge in [0.15, 0.2) is 0 Å². The summed E-state index contributed by atoms with van der Waals surface area (Å²) in [5.41, 5.74) is 8.95. The third-order valence-electron chi connectivity index (χ3n) is 4.79. The van der Waals surface area contributed by atoms with E-state index < -0.39 is 23.8 Å². The minimum Gasteiger partial charge on any atom is -0.368 e. The number of nitrogens with zero attached hydrogens (tertiary/aromatic N) is 1. The van der Waals surface area contributed by atoms with Crippen LogP contribution in [0.2, 0.25) is 0 Å². The van der Waals surface area contributed by atoms with E-state index in [4.69, 9.17) is 5.73 Å². The second-order valence-corrected chi connectivity index (χ2v) is 7.99. The molecule has 2 aromatic carbocycles. The van der Waals surface area contributed by atoms with Crippen LogP contribution in [-0.2, 0) is 14.4 Å². The number of anilines is 1. The molecule has 1 fully saturated rings. The van der Waals surface area contributed by atoms with Gasteiger partial charge in [0, 0.05) is 16.7 Å². The molecule has 2 atom stereocenters. The predicted octanol–water partition coefficient (Wildman–Crippen LogP) is 2.76. The number of nitrogens with two attached hydrogens (primary N) is 1. The molecule has 1 aliphatic heterocycles. The van der Waals surface area contributed by atoms with Gasteiger partial charge in [0.1, 0.15) is 12.0 Å². The number of nitrogens with one attached hydrogen (secondary N) is 1. The Balaban J connectivity index is 1.77. The quantitative estimate of drug-likeness (QED) is 0.695. The topological polar surface area (TPSA) is 92.5 Å². The first-order valence-electron chi connectivity index (χ1n) is 9.01. The van der Waals surface area contributed by atoms with Gasteiger partial charge >= 0.3 is 0 Å². The average molecular weight is 444 g/mol. The molecule has 28 heavy (non-hydrogen) atoms. The summed E-state index contributed by atoms with van der Waals surface area (Å²) in [6, 6.07) is 11.9. The second-order valence-electron chi connectivity index (χ2n) is 7.08. The highest BCUT2D eigenvalue weighted by molar-refractivity contribution is 9.10. The molecule has 2 aromatic rings. The number of primary amides is 1. The van der Waals surface area contributed by atoms with Gasteiger partial charge in [-0.05, 0) is 61.2 Å². The Bertz CT molecular complexity index is 924. The molecular formula is C21H22BrN3O3. The molecule has 3 rings (SSSR count). The lowest BCUT2D eigenvalue weighted by Gasteiger charge is -2.20. The number of rotatable bonds is 5. The van der Waals surface area contributed by atoms with Crippen LogP contribution in [0.5, 0.6) is 0 Å². The summed E-state index contributed by atoms with van der Waals surface area (Å²) in [4.78, 5) is 39.1. The largest absolute Gasteiger partial charge is 0.368 e. The molecule has 1 heterocycles. The van der Waals surface area contributed by atoms with Crippen molar-refractivity contribution in [1.82, 2.24) is 5.32 Å². The highest BCUT2D eigenvalue weighted by Crippen LogP contribution is 2.28. The molecule has 1 aliphatic rings. The zero-order chi connectivity index (χ0) is 20.4. The maximum atomic E-state index is 12.9. The standard InChI is InChI=1S/C21H22BrN3O3/c1-12-8-13(2)10-16(9-12)25-7-6-17(21(25)28)20(27)24-18(19(23)26)14-4-3-5-15(22)11-14/h3-5,8-11,17-18H,6-7H2,1-2H3,(H2,23,26)(H,24,27)/t17-,18+/m0/s1. The lowest BCUT2D eigenvalue weighted by Crippen LogP contribution is -2.42.